The number of carbonyl (C=O) groups excluding carboxylic acids is 2. The van der Waals surface area contributed by atoms with Gasteiger partial charge in [0.1, 0.15) is 12.7 Å². The molecule has 4 bridgehead atoms. The number of nitrogens with zero attached hydrogens (tertiary/aromatic N) is 4. The number of amides is 1. The number of hydrogen-bond acceptors (Lipinski definition) is 9. The number of nitrogens with one attached hydrogen (secondary N) is 1. The Morgan fingerprint density at radius 3 is 2.89 bits per heavy atom. The molecule has 1 unspecified atom stereocenters. The highest BCUT2D eigenvalue weighted by atomic mass is 16.5. The van der Waals surface area contributed by atoms with Gasteiger partial charge < -0.3 is 29.2 Å². The van der Waals surface area contributed by atoms with Crippen molar-refractivity contribution < 1.29 is 28.5 Å². The van der Waals surface area contributed by atoms with Gasteiger partial charge in [0.15, 0.2) is 17.2 Å². The molecule has 11 heteroatoms. The smallest absolute Gasteiger partial charge is 0.260 e. The van der Waals surface area contributed by atoms with Gasteiger partial charge in [-0.25, -0.2) is 4.52 Å². The Labute approximate surface area is 208 Å². The minimum Gasteiger partial charge on any atom is -0.490 e. The van der Waals surface area contributed by atoms with Crippen LogP contribution in [0, 0.1) is 0 Å². The lowest BCUT2D eigenvalue weighted by molar-refractivity contribution is -0.138. The predicted octanol–water partition coefficient (Wildman–Crippen LogP) is 2.04. The molecule has 1 aromatic carbocycles. The van der Waals surface area contributed by atoms with Crippen LogP contribution in [-0.2, 0) is 14.3 Å². The van der Waals surface area contributed by atoms with E-state index in [1.54, 1.807) is 28.9 Å². The van der Waals surface area contributed by atoms with E-state index in [4.69, 9.17) is 23.9 Å². The summed E-state index contributed by atoms with van der Waals surface area (Å²) in [5.41, 5.74) is 3.45. The van der Waals surface area contributed by atoms with Crippen molar-refractivity contribution >= 4 is 23.0 Å². The number of hydrogen-bond donors (Lipinski definition) is 1. The molecule has 2 aliphatic rings. The number of carbonyl (C=O) groups is 2. The van der Waals surface area contributed by atoms with E-state index in [9.17, 15) is 9.59 Å². The van der Waals surface area contributed by atoms with E-state index >= 15 is 0 Å². The summed E-state index contributed by atoms with van der Waals surface area (Å²) in [5, 5.41) is 7.80. The molecule has 4 heterocycles. The maximum absolute atomic E-state index is 13.2. The number of ketones is 1. The first-order valence-corrected chi connectivity index (χ1v) is 11.8. The summed E-state index contributed by atoms with van der Waals surface area (Å²) in [5.74, 6) is 0.594. The predicted molar refractivity (Wildman–Crippen MR) is 131 cm³/mol. The Morgan fingerprint density at radius 1 is 1.25 bits per heavy atom. The second-order valence-corrected chi connectivity index (χ2v) is 8.81. The Hall–Kier alpha value is -3.70. The zero-order valence-corrected chi connectivity index (χ0v) is 20.5. The lowest BCUT2D eigenvalue weighted by atomic mass is 10.0. The highest BCUT2D eigenvalue weighted by molar-refractivity contribution is 5.97. The topological polar surface area (TPSA) is 117 Å². The Balaban J connectivity index is 1.55. The van der Waals surface area contributed by atoms with Gasteiger partial charge >= 0.3 is 0 Å². The van der Waals surface area contributed by atoms with Crippen LogP contribution >= 0.6 is 0 Å². The van der Waals surface area contributed by atoms with E-state index in [-0.39, 0.29) is 24.3 Å². The molecule has 5 rings (SSSR count). The van der Waals surface area contributed by atoms with E-state index in [0.717, 1.165) is 16.8 Å². The monoisotopic (exact) mass is 495 g/mol. The zero-order valence-electron chi connectivity index (χ0n) is 20.5. The average molecular weight is 496 g/mol. The van der Waals surface area contributed by atoms with Gasteiger partial charge in [0, 0.05) is 43.4 Å². The molecular formula is C25H29N5O6. The van der Waals surface area contributed by atoms with Gasteiger partial charge in [-0.05, 0) is 30.7 Å². The normalized spacial score (nSPS) is 19.5. The van der Waals surface area contributed by atoms with Gasteiger partial charge in [-0.3, -0.25) is 9.59 Å². The summed E-state index contributed by atoms with van der Waals surface area (Å²) in [6.07, 6.45) is 3.35. The molecule has 0 spiro atoms. The van der Waals surface area contributed by atoms with Crippen molar-refractivity contribution in [3.05, 3.63) is 36.2 Å². The molecule has 0 radical (unpaired) electrons. The van der Waals surface area contributed by atoms with Crippen LogP contribution in [0.1, 0.15) is 23.7 Å². The van der Waals surface area contributed by atoms with Crippen LogP contribution in [0.2, 0.25) is 0 Å². The van der Waals surface area contributed by atoms with Crippen LogP contribution in [0.15, 0.2) is 30.6 Å². The summed E-state index contributed by atoms with van der Waals surface area (Å²) in [6.45, 7) is 3.45. The molecule has 190 valence electrons. The van der Waals surface area contributed by atoms with E-state index in [1.807, 2.05) is 18.2 Å². The zero-order chi connectivity index (χ0) is 25.2. The number of anilines is 1. The van der Waals surface area contributed by atoms with Crippen molar-refractivity contribution in [3.63, 3.8) is 0 Å². The molecule has 0 saturated carbocycles. The lowest BCUT2D eigenvalue weighted by Gasteiger charge is -2.25. The molecule has 1 fully saturated rings. The third-order valence-electron chi connectivity index (χ3n) is 6.48. The molecular weight excluding hydrogens is 466 g/mol. The van der Waals surface area contributed by atoms with Crippen LogP contribution in [0.25, 0.3) is 16.8 Å². The van der Waals surface area contributed by atoms with Crippen molar-refractivity contribution in [1.82, 2.24) is 19.5 Å². The first kappa shape index (κ1) is 24.0. The highest BCUT2D eigenvalue weighted by Crippen LogP contribution is 2.33. The first-order valence-electron chi connectivity index (χ1n) is 11.8. The average Bonchev–Trinajstić information content (AvgIpc) is 3.42. The summed E-state index contributed by atoms with van der Waals surface area (Å²) in [4.78, 5) is 31.9. The molecule has 2 aromatic heterocycles. The summed E-state index contributed by atoms with van der Waals surface area (Å²) in [6, 6.07) is 5.38. The summed E-state index contributed by atoms with van der Waals surface area (Å²) >= 11 is 0. The number of methoxy groups -OCH3 is 2. The summed E-state index contributed by atoms with van der Waals surface area (Å²) in [7, 11) is 3.13. The fraction of sp³-hybridized carbons (Fsp3) is 0.440. The molecule has 2 aliphatic heterocycles. The molecule has 36 heavy (non-hydrogen) atoms. The number of aromatic nitrogens is 3. The quantitative estimate of drug-likeness (QED) is 0.405. The molecule has 11 nitrogen and oxygen atoms in total. The SMILES string of the molecule is COCCOC1C[C@H]2COc3nc4c(cnn4cc3OC)-c3cc(cc(C(C)=O)c3)NCCN2C1=O. The number of fused-ring (bicyclic) bond motifs is 5. The van der Waals surface area contributed by atoms with Gasteiger partial charge in [-0.2, -0.15) is 10.1 Å². The third-order valence-corrected chi connectivity index (χ3v) is 6.48. The standard InChI is InChI=1S/C25H29N5O6/c1-15(31)16-8-17-10-18(9-16)26-4-5-29-19(11-21(25(29)32)35-7-6-33-2)14-36-24-22(34-3)13-30-23(28-24)20(17)12-27-30/h8-10,12-13,19,21,26H,4-7,11,14H2,1-3H3/t19-,21?/m0/s1. The van der Waals surface area contributed by atoms with Crippen molar-refractivity contribution in [2.75, 3.05) is 52.4 Å². The molecule has 1 amide bonds. The Bertz CT molecular complexity index is 1290. The molecule has 0 aliphatic carbocycles. The van der Waals surface area contributed by atoms with Gasteiger partial charge in [0.2, 0.25) is 0 Å². The van der Waals surface area contributed by atoms with Crippen molar-refractivity contribution in [2.24, 2.45) is 0 Å². The third kappa shape index (κ3) is 4.59. The minimum atomic E-state index is -0.559. The lowest BCUT2D eigenvalue weighted by Crippen LogP contribution is -2.41. The summed E-state index contributed by atoms with van der Waals surface area (Å²) < 4.78 is 24.1. The number of ether oxygens (including phenoxy) is 4. The van der Waals surface area contributed by atoms with Crippen molar-refractivity contribution in [1.29, 1.82) is 0 Å². The van der Waals surface area contributed by atoms with Gasteiger partial charge in [-0.15, -0.1) is 0 Å². The van der Waals surface area contributed by atoms with Crippen molar-refractivity contribution in [3.8, 4) is 22.8 Å². The number of Topliss-reactive ketones (excluding diaryl/α,β-unsaturated/α-hetero) is 1. The Kier molecular flexibility index (Phi) is 6.75. The maximum Gasteiger partial charge on any atom is 0.260 e. The number of rotatable bonds is 6. The van der Waals surface area contributed by atoms with Gasteiger partial charge in [0.25, 0.3) is 11.8 Å². The van der Waals surface area contributed by atoms with Gasteiger partial charge in [-0.1, -0.05) is 0 Å². The van der Waals surface area contributed by atoms with E-state index < -0.39 is 6.10 Å². The highest BCUT2D eigenvalue weighted by Gasteiger charge is 2.40. The number of benzene rings is 1. The van der Waals surface area contributed by atoms with Crippen LogP contribution < -0.4 is 14.8 Å². The van der Waals surface area contributed by atoms with Crippen LogP contribution in [0.5, 0.6) is 11.6 Å². The van der Waals surface area contributed by atoms with Crippen molar-refractivity contribution in [2.45, 2.75) is 25.5 Å². The largest absolute Gasteiger partial charge is 0.490 e. The molecule has 1 N–H and O–H groups in total. The van der Waals surface area contributed by atoms with E-state index in [2.05, 4.69) is 10.4 Å². The molecule has 3 aromatic rings. The first-order chi connectivity index (χ1) is 17.5. The second kappa shape index (κ2) is 10.1. The van der Waals surface area contributed by atoms with Gasteiger partial charge in [0.05, 0.1) is 38.8 Å². The molecule has 2 atom stereocenters. The Morgan fingerprint density at radius 2 is 2.11 bits per heavy atom. The van der Waals surface area contributed by atoms with E-state index in [1.165, 1.54) is 14.0 Å². The maximum atomic E-state index is 13.2. The van der Waals surface area contributed by atoms with E-state index in [0.29, 0.717) is 55.6 Å². The second-order valence-electron chi connectivity index (χ2n) is 8.81. The fourth-order valence-electron chi connectivity index (χ4n) is 4.61. The minimum absolute atomic E-state index is 0.0537. The fourth-order valence-corrected chi connectivity index (χ4v) is 4.61. The van der Waals surface area contributed by atoms with Crippen LogP contribution in [-0.4, -0.2) is 90.5 Å². The van der Waals surface area contributed by atoms with Crippen LogP contribution in [0.3, 0.4) is 0 Å². The molecule has 1 saturated heterocycles. The van der Waals surface area contributed by atoms with Crippen LogP contribution in [0.4, 0.5) is 5.69 Å².